The molecule has 0 fully saturated rings. The molecule has 0 amide bonds. The smallest absolute Gasteiger partial charge is 0.0416 e. The molecule has 2 nitrogen and oxygen atoms in total. The lowest BCUT2D eigenvalue weighted by atomic mass is 10.1. The number of benzene rings is 1. The highest BCUT2D eigenvalue weighted by molar-refractivity contribution is 6.30. The van der Waals surface area contributed by atoms with Gasteiger partial charge in [-0.25, -0.2) is 0 Å². The van der Waals surface area contributed by atoms with Gasteiger partial charge in [-0.3, -0.25) is 4.98 Å². The van der Waals surface area contributed by atoms with E-state index < -0.39 is 0 Å². The zero-order valence-corrected chi connectivity index (χ0v) is 11.2. The lowest BCUT2D eigenvalue weighted by molar-refractivity contribution is 0.574. The van der Waals surface area contributed by atoms with Gasteiger partial charge in [-0.05, 0) is 36.8 Å². The Bertz CT molecular complexity index is 468. The van der Waals surface area contributed by atoms with E-state index in [-0.39, 0.29) is 0 Å². The molecular formula is C15H17ClN2. The summed E-state index contributed by atoms with van der Waals surface area (Å²) in [7, 11) is 0. The van der Waals surface area contributed by atoms with Crippen LogP contribution in [-0.4, -0.2) is 11.5 Å². The Kier molecular flexibility index (Phi) is 4.73. The molecule has 18 heavy (non-hydrogen) atoms. The highest BCUT2D eigenvalue weighted by Gasteiger charge is 2.04. The second kappa shape index (κ2) is 6.53. The summed E-state index contributed by atoms with van der Waals surface area (Å²) in [6, 6.07) is 14.3. The Morgan fingerprint density at radius 3 is 2.61 bits per heavy atom. The first-order valence-electron chi connectivity index (χ1n) is 6.14. The first kappa shape index (κ1) is 13.1. The molecule has 2 aromatic rings. The fraction of sp³-hybridized carbons (Fsp3) is 0.267. The van der Waals surface area contributed by atoms with Crippen LogP contribution in [0.15, 0.2) is 48.7 Å². The fourth-order valence-electron chi connectivity index (χ4n) is 1.83. The molecular weight excluding hydrogens is 244 g/mol. The van der Waals surface area contributed by atoms with Crippen LogP contribution >= 0.6 is 11.6 Å². The quantitative estimate of drug-likeness (QED) is 0.888. The van der Waals surface area contributed by atoms with Gasteiger partial charge in [0, 0.05) is 35.9 Å². The molecule has 2 rings (SSSR count). The SMILES string of the molecule is C[C@@H](NCCc1ccccn1)c1ccc(Cl)cc1. The van der Waals surface area contributed by atoms with E-state index in [1.54, 1.807) is 0 Å². The second-order valence-corrected chi connectivity index (χ2v) is 4.73. The Morgan fingerprint density at radius 2 is 1.94 bits per heavy atom. The molecule has 1 N–H and O–H groups in total. The first-order valence-corrected chi connectivity index (χ1v) is 6.52. The molecule has 3 heteroatoms. The molecule has 1 atom stereocenters. The van der Waals surface area contributed by atoms with Crippen LogP contribution in [0.4, 0.5) is 0 Å². The van der Waals surface area contributed by atoms with E-state index in [0.29, 0.717) is 6.04 Å². The summed E-state index contributed by atoms with van der Waals surface area (Å²) in [5, 5.41) is 4.26. The van der Waals surface area contributed by atoms with E-state index in [2.05, 4.69) is 35.4 Å². The molecule has 0 aliphatic heterocycles. The van der Waals surface area contributed by atoms with Gasteiger partial charge >= 0.3 is 0 Å². The molecule has 0 unspecified atom stereocenters. The molecule has 1 heterocycles. The van der Waals surface area contributed by atoms with Crippen LogP contribution in [0.25, 0.3) is 0 Å². The molecule has 1 aromatic carbocycles. The zero-order chi connectivity index (χ0) is 12.8. The molecule has 0 aliphatic carbocycles. The van der Waals surface area contributed by atoms with Gasteiger partial charge in [-0.2, -0.15) is 0 Å². The van der Waals surface area contributed by atoms with Gasteiger partial charge in [-0.15, -0.1) is 0 Å². The fourth-order valence-corrected chi connectivity index (χ4v) is 1.96. The maximum Gasteiger partial charge on any atom is 0.0416 e. The first-order chi connectivity index (χ1) is 8.75. The third kappa shape index (κ3) is 3.83. The van der Waals surface area contributed by atoms with Gasteiger partial charge in [0.05, 0.1) is 0 Å². The number of hydrogen-bond donors (Lipinski definition) is 1. The molecule has 0 bridgehead atoms. The van der Waals surface area contributed by atoms with E-state index in [0.717, 1.165) is 23.7 Å². The molecule has 0 spiro atoms. The van der Waals surface area contributed by atoms with Crippen LogP contribution in [0.1, 0.15) is 24.2 Å². The van der Waals surface area contributed by atoms with Crippen LogP contribution < -0.4 is 5.32 Å². The number of hydrogen-bond acceptors (Lipinski definition) is 2. The van der Waals surface area contributed by atoms with Gasteiger partial charge < -0.3 is 5.32 Å². The standard InChI is InChI=1S/C15H17ClN2/c1-12(13-5-7-14(16)8-6-13)17-11-9-15-4-2-3-10-18-15/h2-8,10,12,17H,9,11H2,1H3/t12-/m1/s1. The van der Waals surface area contributed by atoms with E-state index in [9.17, 15) is 0 Å². The highest BCUT2D eigenvalue weighted by Crippen LogP contribution is 2.15. The van der Waals surface area contributed by atoms with Crippen LogP contribution in [0.3, 0.4) is 0 Å². The molecule has 0 saturated heterocycles. The minimum Gasteiger partial charge on any atom is -0.310 e. The Morgan fingerprint density at radius 1 is 1.17 bits per heavy atom. The summed E-state index contributed by atoms with van der Waals surface area (Å²) in [4.78, 5) is 4.30. The van der Waals surface area contributed by atoms with E-state index in [1.165, 1.54) is 5.56 Å². The summed E-state index contributed by atoms with van der Waals surface area (Å²) in [5.41, 5.74) is 2.37. The molecule has 0 saturated carbocycles. The molecule has 94 valence electrons. The second-order valence-electron chi connectivity index (χ2n) is 4.30. The lowest BCUT2D eigenvalue weighted by Crippen LogP contribution is -2.21. The van der Waals surface area contributed by atoms with E-state index >= 15 is 0 Å². The van der Waals surface area contributed by atoms with Crippen molar-refractivity contribution in [2.75, 3.05) is 6.54 Å². The van der Waals surface area contributed by atoms with Crippen molar-refractivity contribution in [3.8, 4) is 0 Å². The van der Waals surface area contributed by atoms with Crippen molar-refractivity contribution in [2.24, 2.45) is 0 Å². The minimum absolute atomic E-state index is 0.325. The zero-order valence-electron chi connectivity index (χ0n) is 10.4. The van der Waals surface area contributed by atoms with Gasteiger partial charge in [0.15, 0.2) is 0 Å². The Balaban J connectivity index is 1.81. The van der Waals surface area contributed by atoms with E-state index in [4.69, 9.17) is 11.6 Å². The topological polar surface area (TPSA) is 24.9 Å². The van der Waals surface area contributed by atoms with Crippen LogP contribution in [-0.2, 0) is 6.42 Å². The largest absolute Gasteiger partial charge is 0.310 e. The number of nitrogens with one attached hydrogen (secondary N) is 1. The minimum atomic E-state index is 0.325. The van der Waals surface area contributed by atoms with E-state index in [1.807, 2.05) is 30.5 Å². The van der Waals surface area contributed by atoms with Crippen molar-refractivity contribution >= 4 is 11.6 Å². The van der Waals surface area contributed by atoms with Crippen LogP contribution in [0.5, 0.6) is 0 Å². The lowest BCUT2D eigenvalue weighted by Gasteiger charge is -2.14. The summed E-state index contributed by atoms with van der Waals surface area (Å²) < 4.78 is 0. The van der Waals surface area contributed by atoms with Crippen LogP contribution in [0.2, 0.25) is 5.02 Å². The molecule has 0 aliphatic rings. The Labute approximate surface area is 113 Å². The Hall–Kier alpha value is -1.38. The van der Waals surface area contributed by atoms with Crippen molar-refractivity contribution < 1.29 is 0 Å². The van der Waals surface area contributed by atoms with Gasteiger partial charge in [0.2, 0.25) is 0 Å². The van der Waals surface area contributed by atoms with Gasteiger partial charge in [-0.1, -0.05) is 29.8 Å². The highest BCUT2D eigenvalue weighted by atomic mass is 35.5. The number of nitrogens with zero attached hydrogens (tertiary/aromatic N) is 1. The number of pyridine rings is 1. The van der Waals surface area contributed by atoms with Crippen LogP contribution in [0, 0.1) is 0 Å². The summed E-state index contributed by atoms with van der Waals surface area (Å²) in [5.74, 6) is 0. The number of aromatic nitrogens is 1. The van der Waals surface area contributed by atoms with Crippen molar-refractivity contribution in [3.05, 3.63) is 64.9 Å². The third-order valence-electron chi connectivity index (χ3n) is 2.93. The molecule has 1 aromatic heterocycles. The van der Waals surface area contributed by atoms with Crippen molar-refractivity contribution in [1.29, 1.82) is 0 Å². The summed E-state index contributed by atoms with van der Waals surface area (Å²) in [6.45, 7) is 3.07. The third-order valence-corrected chi connectivity index (χ3v) is 3.18. The molecule has 0 radical (unpaired) electrons. The normalized spacial score (nSPS) is 12.3. The average Bonchev–Trinajstić information content (AvgIpc) is 2.40. The van der Waals surface area contributed by atoms with Crippen molar-refractivity contribution in [1.82, 2.24) is 10.3 Å². The summed E-state index contributed by atoms with van der Waals surface area (Å²) >= 11 is 5.87. The maximum absolute atomic E-state index is 5.87. The van der Waals surface area contributed by atoms with Gasteiger partial charge in [0.25, 0.3) is 0 Å². The monoisotopic (exact) mass is 260 g/mol. The maximum atomic E-state index is 5.87. The number of rotatable bonds is 5. The van der Waals surface area contributed by atoms with Crippen molar-refractivity contribution in [3.63, 3.8) is 0 Å². The van der Waals surface area contributed by atoms with Gasteiger partial charge in [0.1, 0.15) is 0 Å². The van der Waals surface area contributed by atoms with Crippen molar-refractivity contribution in [2.45, 2.75) is 19.4 Å². The predicted molar refractivity (Wildman–Crippen MR) is 75.8 cm³/mol. The predicted octanol–water partition coefficient (Wildman–Crippen LogP) is 3.63. The average molecular weight is 261 g/mol. The summed E-state index contributed by atoms with van der Waals surface area (Å²) in [6.07, 6.45) is 2.77. The number of halogens is 1.